The number of nitrogens with zero attached hydrogens (tertiary/aromatic N) is 2. The first-order chi connectivity index (χ1) is 21.8. The zero-order valence-electron chi connectivity index (χ0n) is 24.8. The van der Waals surface area contributed by atoms with Gasteiger partial charge in [0.15, 0.2) is 5.58 Å². The smallest absolute Gasteiger partial charge is 0.335 e. The molecule has 5 rings (SSSR count). The number of methoxy groups -OCH3 is 2. The van der Waals surface area contributed by atoms with Gasteiger partial charge in [0.25, 0.3) is 6.01 Å². The molecule has 0 aliphatic heterocycles. The van der Waals surface area contributed by atoms with E-state index in [1.54, 1.807) is 32.4 Å². The van der Waals surface area contributed by atoms with Crippen molar-refractivity contribution < 1.29 is 33.4 Å². The van der Waals surface area contributed by atoms with Gasteiger partial charge in [-0.25, -0.2) is 4.79 Å². The topological polar surface area (TPSA) is 143 Å². The van der Waals surface area contributed by atoms with Gasteiger partial charge in [0.2, 0.25) is 11.8 Å². The van der Waals surface area contributed by atoms with Crippen LogP contribution < -0.4 is 20.1 Å². The number of ether oxygens (including phenoxy) is 2. The van der Waals surface area contributed by atoms with Crippen LogP contribution in [0.5, 0.6) is 11.5 Å². The lowest BCUT2D eigenvalue weighted by atomic mass is 10.1. The average molecular weight is 609 g/mol. The molecule has 0 fully saturated rings. The van der Waals surface area contributed by atoms with Gasteiger partial charge in [-0.05, 0) is 78.2 Å². The molecule has 1 aromatic heterocycles. The molecule has 0 saturated carbocycles. The second-order valence-corrected chi connectivity index (χ2v) is 10.2. The third-order valence-electron chi connectivity index (χ3n) is 7.02. The quantitative estimate of drug-likeness (QED) is 0.157. The number of carboxylic acids is 1. The molecule has 11 nitrogen and oxygen atoms in total. The van der Waals surface area contributed by atoms with Crippen molar-refractivity contribution in [1.29, 1.82) is 0 Å². The number of nitrogens with one attached hydrogen (secondary N) is 2. The van der Waals surface area contributed by atoms with Gasteiger partial charge < -0.3 is 34.5 Å². The standard InChI is InChI=1S/C34H32N4O7/c1-43-27-16-23(17-28(20-27)44-2)14-15-38(21-31(39)35-26-11-9-24(10-12-26)33(41)42)32(40)19-22-8-13-29-30(18-22)45-34(37-29)36-25-6-4-3-5-7-25/h3-13,16-18,20H,14-15,19,21H2,1-2H3,(H,35,39)(H,36,37)(H,41,42). The molecule has 4 aromatic carbocycles. The van der Waals surface area contributed by atoms with Gasteiger partial charge >= 0.3 is 5.97 Å². The Bertz CT molecular complexity index is 1780. The van der Waals surface area contributed by atoms with Crippen LogP contribution >= 0.6 is 0 Å². The van der Waals surface area contributed by atoms with E-state index >= 15 is 0 Å². The summed E-state index contributed by atoms with van der Waals surface area (Å²) in [5, 5.41) is 15.0. The fraction of sp³-hybridized carbons (Fsp3) is 0.176. The minimum absolute atomic E-state index is 0.0279. The predicted molar refractivity (Wildman–Crippen MR) is 169 cm³/mol. The first-order valence-electron chi connectivity index (χ1n) is 14.1. The summed E-state index contributed by atoms with van der Waals surface area (Å²) < 4.78 is 16.6. The summed E-state index contributed by atoms with van der Waals surface area (Å²) in [5.41, 5.74) is 4.09. The van der Waals surface area contributed by atoms with E-state index in [2.05, 4.69) is 15.6 Å². The highest BCUT2D eigenvalue weighted by atomic mass is 16.5. The van der Waals surface area contributed by atoms with Crippen molar-refractivity contribution >= 4 is 46.3 Å². The van der Waals surface area contributed by atoms with Crippen molar-refractivity contribution in [2.45, 2.75) is 12.8 Å². The van der Waals surface area contributed by atoms with Gasteiger partial charge in [-0.1, -0.05) is 24.3 Å². The van der Waals surface area contributed by atoms with Gasteiger partial charge in [0, 0.05) is 24.0 Å². The SMILES string of the molecule is COc1cc(CCN(CC(=O)Nc2ccc(C(=O)O)cc2)C(=O)Cc2ccc3nc(Nc4ccccc4)oc3c2)cc(OC)c1. The van der Waals surface area contributed by atoms with Crippen molar-refractivity contribution in [1.82, 2.24) is 9.88 Å². The maximum absolute atomic E-state index is 13.6. The number of rotatable bonds is 13. The van der Waals surface area contributed by atoms with Gasteiger partial charge in [0.05, 0.1) is 32.7 Å². The number of carbonyl (C=O) groups is 3. The lowest BCUT2D eigenvalue weighted by Crippen LogP contribution is -2.40. The van der Waals surface area contributed by atoms with E-state index in [-0.39, 0.29) is 31.0 Å². The number of aromatic carboxylic acids is 1. The second-order valence-electron chi connectivity index (χ2n) is 10.2. The van der Waals surface area contributed by atoms with Gasteiger partial charge in [-0.15, -0.1) is 0 Å². The number of anilines is 3. The molecule has 0 bridgehead atoms. The number of fused-ring (bicyclic) bond motifs is 1. The third kappa shape index (κ3) is 8.17. The summed E-state index contributed by atoms with van der Waals surface area (Å²) in [7, 11) is 3.13. The number of hydrogen-bond acceptors (Lipinski definition) is 8. The van der Waals surface area contributed by atoms with Gasteiger partial charge in [-0.3, -0.25) is 9.59 Å². The number of hydrogen-bond donors (Lipinski definition) is 3. The summed E-state index contributed by atoms with van der Waals surface area (Å²) >= 11 is 0. The molecule has 5 aromatic rings. The molecule has 0 aliphatic rings. The van der Waals surface area contributed by atoms with Crippen LogP contribution in [0, 0.1) is 0 Å². The Hall–Kier alpha value is -5.84. The maximum Gasteiger partial charge on any atom is 0.335 e. The minimum atomic E-state index is -1.06. The molecule has 1 heterocycles. The summed E-state index contributed by atoms with van der Waals surface area (Å²) in [5.74, 6) is -0.511. The second kappa shape index (κ2) is 14.1. The molecule has 2 amide bonds. The Morgan fingerprint density at radius 2 is 1.56 bits per heavy atom. The van der Waals surface area contributed by atoms with Crippen LogP contribution in [0.25, 0.3) is 11.1 Å². The highest BCUT2D eigenvalue weighted by molar-refractivity contribution is 5.95. The molecule has 230 valence electrons. The van der Waals surface area contributed by atoms with Crippen LogP contribution in [0.3, 0.4) is 0 Å². The van der Waals surface area contributed by atoms with E-state index in [0.717, 1.165) is 11.3 Å². The lowest BCUT2D eigenvalue weighted by molar-refractivity contribution is -0.134. The number of aromatic nitrogens is 1. The number of oxazole rings is 1. The summed E-state index contributed by atoms with van der Waals surface area (Å²) in [6.45, 7) is 0.0343. The van der Waals surface area contributed by atoms with E-state index in [0.29, 0.717) is 46.3 Å². The van der Waals surface area contributed by atoms with Crippen LogP contribution in [0.15, 0.2) is 95.4 Å². The number of amides is 2. The van der Waals surface area contributed by atoms with E-state index in [1.165, 1.54) is 29.2 Å². The summed E-state index contributed by atoms with van der Waals surface area (Å²) in [6.07, 6.45) is 0.468. The Labute approximate surface area is 259 Å². The van der Waals surface area contributed by atoms with Crippen LogP contribution in [0.2, 0.25) is 0 Å². The van der Waals surface area contributed by atoms with Crippen LogP contribution in [-0.4, -0.2) is 60.1 Å². The summed E-state index contributed by atoms with van der Waals surface area (Å²) in [4.78, 5) is 43.8. The molecular formula is C34H32N4O7. The number of benzene rings is 4. The molecule has 45 heavy (non-hydrogen) atoms. The average Bonchev–Trinajstić information content (AvgIpc) is 3.44. The Morgan fingerprint density at radius 1 is 0.844 bits per heavy atom. The molecule has 11 heteroatoms. The maximum atomic E-state index is 13.6. The number of carboxylic acid groups (broad SMARTS) is 1. The van der Waals surface area contributed by atoms with Crippen LogP contribution in [0.1, 0.15) is 21.5 Å². The summed E-state index contributed by atoms with van der Waals surface area (Å²) in [6, 6.07) is 26.5. The Balaban J connectivity index is 1.31. The molecule has 0 atom stereocenters. The molecular weight excluding hydrogens is 576 g/mol. The van der Waals surface area contributed by atoms with Crippen molar-refractivity contribution in [2.75, 3.05) is 37.9 Å². The first kappa shape index (κ1) is 30.6. The Morgan fingerprint density at radius 3 is 2.22 bits per heavy atom. The van der Waals surface area contributed by atoms with Crippen LogP contribution in [-0.2, 0) is 22.4 Å². The van der Waals surface area contributed by atoms with Crippen molar-refractivity contribution in [2.24, 2.45) is 0 Å². The van der Waals surface area contributed by atoms with Crippen molar-refractivity contribution in [3.8, 4) is 11.5 Å². The van der Waals surface area contributed by atoms with E-state index < -0.39 is 11.9 Å². The molecule has 0 aliphatic carbocycles. The molecule has 0 spiro atoms. The highest BCUT2D eigenvalue weighted by Crippen LogP contribution is 2.25. The highest BCUT2D eigenvalue weighted by Gasteiger charge is 2.19. The largest absolute Gasteiger partial charge is 0.497 e. The van der Waals surface area contributed by atoms with Crippen molar-refractivity contribution in [3.05, 3.63) is 108 Å². The van der Waals surface area contributed by atoms with Crippen LogP contribution in [0.4, 0.5) is 17.4 Å². The molecule has 0 unspecified atom stereocenters. The zero-order valence-corrected chi connectivity index (χ0v) is 24.8. The van der Waals surface area contributed by atoms with E-state index in [4.69, 9.17) is 19.0 Å². The fourth-order valence-electron chi connectivity index (χ4n) is 4.70. The monoisotopic (exact) mass is 608 g/mol. The molecule has 0 saturated heterocycles. The third-order valence-corrected chi connectivity index (χ3v) is 7.02. The minimum Gasteiger partial charge on any atom is -0.497 e. The lowest BCUT2D eigenvalue weighted by Gasteiger charge is -2.23. The van der Waals surface area contributed by atoms with E-state index in [9.17, 15) is 14.4 Å². The number of para-hydroxylation sites is 1. The van der Waals surface area contributed by atoms with Gasteiger partial charge in [0.1, 0.15) is 17.0 Å². The zero-order chi connectivity index (χ0) is 31.8. The molecule has 3 N–H and O–H groups in total. The first-order valence-corrected chi connectivity index (χ1v) is 14.1. The normalized spacial score (nSPS) is 10.7. The number of carbonyl (C=O) groups excluding carboxylic acids is 2. The molecule has 0 radical (unpaired) electrons. The fourth-order valence-corrected chi connectivity index (χ4v) is 4.70. The van der Waals surface area contributed by atoms with Gasteiger partial charge in [-0.2, -0.15) is 4.98 Å². The Kier molecular flexibility index (Phi) is 9.58. The predicted octanol–water partition coefficient (Wildman–Crippen LogP) is 5.54. The van der Waals surface area contributed by atoms with Crippen molar-refractivity contribution in [3.63, 3.8) is 0 Å². The van der Waals surface area contributed by atoms with E-state index in [1.807, 2.05) is 48.5 Å².